The van der Waals surface area contributed by atoms with Crippen molar-refractivity contribution >= 4 is 5.82 Å². The molecule has 126 valence electrons. The number of aromatic nitrogens is 1. The number of anilines is 1. The maximum absolute atomic E-state index is 6.42. The zero-order chi connectivity index (χ0) is 17.2. The molecular formula is C22H23N3. The molecule has 0 amide bonds. The molecule has 2 aromatic carbocycles. The highest BCUT2D eigenvalue weighted by Gasteiger charge is 2.19. The van der Waals surface area contributed by atoms with E-state index < -0.39 is 0 Å². The van der Waals surface area contributed by atoms with Crippen molar-refractivity contribution in [2.45, 2.75) is 25.9 Å². The van der Waals surface area contributed by atoms with E-state index in [2.05, 4.69) is 54.3 Å². The quantitative estimate of drug-likeness (QED) is 0.790. The standard InChI is InChI=1S/C22H23N3/c1-16-13-20(21(23)18-8-3-2-4-9-18)14-24-22(16)25-12-11-17-7-5-6-10-19(17)15-25/h2-10,13-14,21H,11-12,15,23H2,1H3/t21-/m0/s1. The summed E-state index contributed by atoms with van der Waals surface area (Å²) in [6, 6.07) is 20.9. The average Bonchev–Trinajstić information content (AvgIpc) is 2.67. The van der Waals surface area contributed by atoms with Gasteiger partial charge in [0.25, 0.3) is 0 Å². The van der Waals surface area contributed by atoms with Crippen molar-refractivity contribution in [2.24, 2.45) is 5.73 Å². The van der Waals surface area contributed by atoms with Crippen LogP contribution in [-0.4, -0.2) is 11.5 Å². The Morgan fingerprint density at radius 1 is 0.960 bits per heavy atom. The van der Waals surface area contributed by atoms with Crippen LogP contribution in [0.5, 0.6) is 0 Å². The Labute approximate surface area is 149 Å². The van der Waals surface area contributed by atoms with Gasteiger partial charge in [-0.2, -0.15) is 0 Å². The van der Waals surface area contributed by atoms with Gasteiger partial charge >= 0.3 is 0 Å². The Bertz CT molecular complexity index is 873. The number of hydrogen-bond donors (Lipinski definition) is 1. The van der Waals surface area contributed by atoms with Gasteiger partial charge in [0.05, 0.1) is 6.04 Å². The van der Waals surface area contributed by atoms with E-state index in [1.54, 1.807) is 0 Å². The second-order valence-corrected chi connectivity index (χ2v) is 6.74. The van der Waals surface area contributed by atoms with Crippen molar-refractivity contribution in [3.05, 3.63) is 94.7 Å². The van der Waals surface area contributed by atoms with Gasteiger partial charge in [-0.15, -0.1) is 0 Å². The molecule has 0 fully saturated rings. The summed E-state index contributed by atoms with van der Waals surface area (Å²) >= 11 is 0. The first kappa shape index (κ1) is 15.9. The molecule has 3 heteroatoms. The largest absolute Gasteiger partial charge is 0.352 e. The summed E-state index contributed by atoms with van der Waals surface area (Å²) in [7, 11) is 0. The first-order valence-corrected chi connectivity index (χ1v) is 8.81. The third-order valence-corrected chi connectivity index (χ3v) is 5.02. The Morgan fingerprint density at radius 2 is 1.68 bits per heavy atom. The molecule has 3 nitrogen and oxygen atoms in total. The minimum atomic E-state index is -0.136. The van der Waals surface area contributed by atoms with Crippen molar-refractivity contribution in [1.29, 1.82) is 0 Å². The lowest BCUT2D eigenvalue weighted by Crippen LogP contribution is -2.31. The van der Waals surface area contributed by atoms with Crippen molar-refractivity contribution in [3.63, 3.8) is 0 Å². The molecule has 0 unspecified atom stereocenters. The first-order valence-electron chi connectivity index (χ1n) is 8.81. The van der Waals surface area contributed by atoms with Crippen molar-refractivity contribution in [1.82, 2.24) is 4.98 Å². The second-order valence-electron chi connectivity index (χ2n) is 6.74. The minimum Gasteiger partial charge on any atom is -0.352 e. The van der Waals surface area contributed by atoms with Gasteiger partial charge in [0.2, 0.25) is 0 Å². The monoisotopic (exact) mass is 329 g/mol. The number of nitrogens with zero attached hydrogens (tertiary/aromatic N) is 2. The second kappa shape index (κ2) is 6.69. The fourth-order valence-electron chi connectivity index (χ4n) is 3.62. The van der Waals surface area contributed by atoms with E-state index in [-0.39, 0.29) is 6.04 Å². The first-order chi connectivity index (χ1) is 12.2. The van der Waals surface area contributed by atoms with E-state index in [9.17, 15) is 0 Å². The molecule has 0 aliphatic carbocycles. The molecule has 4 rings (SSSR count). The Hall–Kier alpha value is -2.65. The number of benzene rings is 2. The highest BCUT2D eigenvalue weighted by atomic mass is 15.2. The molecule has 0 bridgehead atoms. The van der Waals surface area contributed by atoms with Crippen molar-refractivity contribution < 1.29 is 0 Å². The molecule has 1 aliphatic rings. The van der Waals surface area contributed by atoms with Crippen LogP contribution in [0.25, 0.3) is 0 Å². The smallest absolute Gasteiger partial charge is 0.131 e. The third-order valence-electron chi connectivity index (χ3n) is 5.02. The molecule has 2 N–H and O–H groups in total. The molecule has 0 saturated carbocycles. The normalized spacial score (nSPS) is 14.9. The van der Waals surface area contributed by atoms with Gasteiger partial charge in [-0.3, -0.25) is 0 Å². The minimum absolute atomic E-state index is 0.136. The van der Waals surface area contributed by atoms with Gasteiger partial charge in [-0.05, 0) is 47.2 Å². The molecule has 0 radical (unpaired) electrons. The Morgan fingerprint density at radius 3 is 2.44 bits per heavy atom. The molecule has 0 spiro atoms. The van der Waals surface area contributed by atoms with Crippen LogP contribution in [0.15, 0.2) is 66.9 Å². The van der Waals surface area contributed by atoms with Gasteiger partial charge in [0.15, 0.2) is 0 Å². The SMILES string of the molecule is Cc1cc([C@@H](N)c2ccccc2)cnc1N1CCc2ccccc2C1. The van der Waals surface area contributed by atoms with Gasteiger partial charge in [-0.1, -0.05) is 54.6 Å². The van der Waals surface area contributed by atoms with Gasteiger partial charge in [0, 0.05) is 19.3 Å². The zero-order valence-corrected chi connectivity index (χ0v) is 14.5. The van der Waals surface area contributed by atoms with E-state index in [0.29, 0.717) is 0 Å². The van der Waals surface area contributed by atoms with Crippen LogP contribution in [0.2, 0.25) is 0 Å². The summed E-state index contributed by atoms with van der Waals surface area (Å²) in [5, 5.41) is 0. The average molecular weight is 329 g/mol. The lowest BCUT2D eigenvalue weighted by molar-refractivity contribution is 0.716. The van der Waals surface area contributed by atoms with Crippen LogP contribution < -0.4 is 10.6 Å². The fraction of sp³-hybridized carbons (Fsp3) is 0.227. The van der Waals surface area contributed by atoms with Crippen LogP contribution in [0.1, 0.15) is 33.9 Å². The van der Waals surface area contributed by atoms with Crippen LogP contribution in [0.4, 0.5) is 5.82 Å². The number of nitrogens with two attached hydrogens (primary N) is 1. The van der Waals surface area contributed by atoms with Gasteiger partial charge in [-0.25, -0.2) is 4.98 Å². The van der Waals surface area contributed by atoms with Crippen LogP contribution in [0, 0.1) is 6.92 Å². The summed E-state index contributed by atoms with van der Waals surface area (Å²) in [5.41, 5.74) is 12.6. The Balaban J connectivity index is 1.59. The van der Waals surface area contributed by atoms with Crippen LogP contribution in [0.3, 0.4) is 0 Å². The maximum atomic E-state index is 6.42. The molecule has 3 aromatic rings. The van der Waals surface area contributed by atoms with E-state index in [0.717, 1.165) is 36.5 Å². The Kier molecular flexibility index (Phi) is 4.24. The molecule has 0 saturated heterocycles. The number of rotatable bonds is 3. The van der Waals surface area contributed by atoms with E-state index in [4.69, 9.17) is 10.7 Å². The molecule has 1 aromatic heterocycles. The van der Waals surface area contributed by atoms with Gasteiger partial charge in [0.1, 0.15) is 5.82 Å². The highest BCUT2D eigenvalue weighted by Crippen LogP contribution is 2.28. The zero-order valence-electron chi connectivity index (χ0n) is 14.5. The van der Waals surface area contributed by atoms with E-state index in [1.807, 2.05) is 24.4 Å². The molecule has 1 aliphatic heterocycles. The van der Waals surface area contributed by atoms with Crippen molar-refractivity contribution in [3.8, 4) is 0 Å². The van der Waals surface area contributed by atoms with Crippen molar-refractivity contribution in [2.75, 3.05) is 11.4 Å². The topological polar surface area (TPSA) is 42.1 Å². The number of hydrogen-bond acceptors (Lipinski definition) is 3. The van der Waals surface area contributed by atoms with Gasteiger partial charge < -0.3 is 10.6 Å². The summed E-state index contributed by atoms with van der Waals surface area (Å²) in [6.07, 6.45) is 3.00. The van der Waals surface area contributed by atoms with Crippen LogP contribution >= 0.6 is 0 Å². The van der Waals surface area contributed by atoms with E-state index >= 15 is 0 Å². The molecule has 2 heterocycles. The number of pyridine rings is 1. The maximum Gasteiger partial charge on any atom is 0.131 e. The summed E-state index contributed by atoms with van der Waals surface area (Å²) < 4.78 is 0. The fourth-order valence-corrected chi connectivity index (χ4v) is 3.62. The van der Waals surface area contributed by atoms with Crippen LogP contribution in [-0.2, 0) is 13.0 Å². The molecule has 25 heavy (non-hydrogen) atoms. The lowest BCUT2D eigenvalue weighted by Gasteiger charge is -2.31. The predicted molar refractivity (Wildman–Crippen MR) is 103 cm³/mol. The third kappa shape index (κ3) is 3.15. The lowest BCUT2D eigenvalue weighted by atomic mass is 9.98. The summed E-state index contributed by atoms with van der Waals surface area (Å²) in [6.45, 7) is 4.06. The van der Waals surface area contributed by atoms with E-state index in [1.165, 1.54) is 16.7 Å². The highest BCUT2D eigenvalue weighted by molar-refractivity contribution is 5.51. The number of aryl methyl sites for hydroxylation is 1. The summed E-state index contributed by atoms with van der Waals surface area (Å²) in [5.74, 6) is 1.07. The number of fused-ring (bicyclic) bond motifs is 1. The molecular weight excluding hydrogens is 306 g/mol. The molecule has 1 atom stereocenters. The summed E-state index contributed by atoms with van der Waals surface area (Å²) in [4.78, 5) is 7.14. The predicted octanol–water partition coefficient (Wildman–Crippen LogP) is 4.00.